The third kappa shape index (κ3) is 3.85. The molecule has 1 aromatic carbocycles. The summed E-state index contributed by atoms with van der Waals surface area (Å²) in [6.45, 7) is 6.42. The monoisotopic (exact) mass is 449 g/mol. The number of imidazole rings is 1. The van der Waals surface area contributed by atoms with E-state index in [9.17, 15) is 4.39 Å². The Hall–Kier alpha value is -2.61. The maximum Gasteiger partial charge on any atom is 0.137 e. The highest BCUT2D eigenvalue weighted by atomic mass is 32.1. The first kappa shape index (κ1) is 21.2. The number of rotatable bonds is 5. The first-order valence-electron chi connectivity index (χ1n) is 11.2. The second-order valence-electron chi connectivity index (χ2n) is 8.52. The van der Waals surface area contributed by atoms with E-state index in [4.69, 9.17) is 15.7 Å². The molecule has 0 aliphatic carbocycles. The van der Waals surface area contributed by atoms with E-state index in [-0.39, 0.29) is 11.9 Å². The third-order valence-corrected chi connectivity index (χ3v) is 7.38. The molecule has 32 heavy (non-hydrogen) atoms. The Labute approximate surface area is 191 Å². The Morgan fingerprint density at radius 3 is 2.69 bits per heavy atom. The van der Waals surface area contributed by atoms with E-state index in [1.165, 1.54) is 34.6 Å². The van der Waals surface area contributed by atoms with Crippen LogP contribution in [0.3, 0.4) is 0 Å². The molecule has 1 aliphatic heterocycles. The van der Waals surface area contributed by atoms with Crippen molar-refractivity contribution in [2.45, 2.75) is 45.1 Å². The minimum Gasteiger partial charge on any atom is -0.317 e. The molecule has 166 valence electrons. The number of benzene rings is 1. The molecule has 5 nitrogen and oxygen atoms in total. The quantitative estimate of drug-likeness (QED) is 0.451. The highest BCUT2D eigenvalue weighted by Crippen LogP contribution is 2.33. The summed E-state index contributed by atoms with van der Waals surface area (Å²) in [6.07, 6.45) is 5.37. The number of aryl methyl sites for hydroxylation is 2. The van der Waals surface area contributed by atoms with E-state index in [0.29, 0.717) is 5.92 Å². The summed E-state index contributed by atoms with van der Waals surface area (Å²) in [4.78, 5) is 9.71. The Kier molecular flexibility index (Phi) is 5.80. The van der Waals surface area contributed by atoms with Gasteiger partial charge in [-0.05, 0) is 86.7 Å². The van der Waals surface area contributed by atoms with Crippen LogP contribution in [-0.2, 0) is 6.42 Å². The minimum absolute atomic E-state index is 0.251. The molecule has 4 aromatic rings. The number of nitrogens with zero attached hydrogens (tertiary/aromatic N) is 3. The standard InChI is InChI=1S/C25H28FN5S/c1-3-20-24(23(27)25-30-21(14-32-25)17-4-6-18(26)7-5-17)31-13-19(15(2)12-22(31)29-20)16-8-10-28-11-9-16/h4-7,12-14,16,23,28H,3,8-11,27H2,1-2H3. The van der Waals surface area contributed by atoms with E-state index in [2.05, 4.69) is 35.8 Å². The van der Waals surface area contributed by atoms with Gasteiger partial charge in [0.15, 0.2) is 0 Å². The molecule has 7 heteroatoms. The first-order chi connectivity index (χ1) is 15.5. The summed E-state index contributed by atoms with van der Waals surface area (Å²) in [7, 11) is 0. The van der Waals surface area contributed by atoms with E-state index >= 15 is 0 Å². The smallest absolute Gasteiger partial charge is 0.137 e. The zero-order valence-corrected chi connectivity index (χ0v) is 19.3. The van der Waals surface area contributed by atoms with E-state index < -0.39 is 0 Å². The summed E-state index contributed by atoms with van der Waals surface area (Å²) < 4.78 is 15.5. The van der Waals surface area contributed by atoms with Crippen molar-refractivity contribution in [1.82, 2.24) is 19.7 Å². The van der Waals surface area contributed by atoms with Crippen LogP contribution in [0.4, 0.5) is 4.39 Å². The van der Waals surface area contributed by atoms with E-state index in [0.717, 1.165) is 65.7 Å². The molecule has 3 aromatic heterocycles. The van der Waals surface area contributed by atoms with Crippen molar-refractivity contribution in [1.29, 1.82) is 0 Å². The number of nitrogens with two attached hydrogens (primary N) is 1. The van der Waals surface area contributed by atoms with Crippen LogP contribution in [0.1, 0.15) is 59.2 Å². The van der Waals surface area contributed by atoms with Gasteiger partial charge in [0, 0.05) is 17.1 Å². The van der Waals surface area contributed by atoms with Crippen molar-refractivity contribution in [3.05, 3.63) is 75.2 Å². The molecule has 1 atom stereocenters. The molecule has 0 spiro atoms. The predicted molar refractivity (Wildman–Crippen MR) is 128 cm³/mol. The number of nitrogens with one attached hydrogen (secondary N) is 1. The second-order valence-corrected chi connectivity index (χ2v) is 9.41. The molecule has 1 unspecified atom stereocenters. The van der Waals surface area contributed by atoms with Gasteiger partial charge in [-0.15, -0.1) is 11.3 Å². The Balaban J connectivity index is 1.55. The molecule has 0 amide bonds. The van der Waals surface area contributed by atoms with Crippen LogP contribution in [0.2, 0.25) is 0 Å². The minimum atomic E-state index is -0.372. The number of aromatic nitrogens is 3. The van der Waals surface area contributed by atoms with Crippen molar-refractivity contribution in [3.63, 3.8) is 0 Å². The highest BCUT2D eigenvalue weighted by Gasteiger charge is 2.24. The van der Waals surface area contributed by atoms with Crippen LogP contribution in [0.5, 0.6) is 0 Å². The largest absolute Gasteiger partial charge is 0.317 e. The van der Waals surface area contributed by atoms with E-state index in [1.807, 2.05) is 5.38 Å². The topological polar surface area (TPSA) is 68.2 Å². The molecule has 4 heterocycles. The first-order valence-corrected chi connectivity index (χ1v) is 12.1. The summed E-state index contributed by atoms with van der Waals surface area (Å²) in [6, 6.07) is 8.23. The lowest BCUT2D eigenvalue weighted by Gasteiger charge is -2.25. The Bertz CT molecular complexity index is 1240. The molecule has 1 aliphatic rings. The number of pyridine rings is 1. The van der Waals surface area contributed by atoms with Crippen molar-refractivity contribution in [2.24, 2.45) is 5.73 Å². The fraction of sp³-hybridized carbons (Fsp3) is 0.360. The maximum absolute atomic E-state index is 13.3. The molecule has 5 rings (SSSR count). The summed E-state index contributed by atoms with van der Waals surface area (Å²) >= 11 is 1.54. The number of halogens is 1. The average Bonchev–Trinajstić information content (AvgIpc) is 3.44. The van der Waals surface area contributed by atoms with Crippen LogP contribution in [0.25, 0.3) is 16.9 Å². The molecular weight excluding hydrogens is 421 g/mol. The van der Waals surface area contributed by atoms with Gasteiger partial charge in [0.2, 0.25) is 0 Å². The third-order valence-electron chi connectivity index (χ3n) is 6.46. The summed E-state index contributed by atoms with van der Waals surface area (Å²) in [5.41, 5.74) is 14.2. The van der Waals surface area contributed by atoms with Crippen molar-refractivity contribution in [2.75, 3.05) is 13.1 Å². The molecule has 3 N–H and O–H groups in total. The molecule has 1 fully saturated rings. The lowest BCUT2D eigenvalue weighted by Crippen LogP contribution is -2.27. The van der Waals surface area contributed by atoms with Gasteiger partial charge in [0.1, 0.15) is 16.5 Å². The lowest BCUT2D eigenvalue weighted by atomic mass is 9.89. The van der Waals surface area contributed by atoms with Gasteiger partial charge in [0.25, 0.3) is 0 Å². The van der Waals surface area contributed by atoms with Crippen molar-refractivity contribution in [3.8, 4) is 11.3 Å². The number of fused-ring (bicyclic) bond motifs is 1. The van der Waals surface area contributed by atoms with Crippen molar-refractivity contribution < 1.29 is 4.39 Å². The Morgan fingerprint density at radius 1 is 1.22 bits per heavy atom. The second kappa shape index (κ2) is 8.73. The number of hydrogen-bond acceptors (Lipinski definition) is 5. The van der Waals surface area contributed by atoms with Gasteiger partial charge in [-0.3, -0.25) is 0 Å². The maximum atomic E-state index is 13.3. The number of hydrogen-bond donors (Lipinski definition) is 2. The van der Waals surface area contributed by atoms with E-state index in [1.54, 1.807) is 12.1 Å². The van der Waals surface area contributed by atoms with Gasteiger partial charge < -0.3 is 15.5 Å². The van der Waals surface area contributed by atoms with Gasteiger partial charge in [-0.1, -0.05) is 6.92 Å². The lowest BCUT2D eigenvalue weighted by molar-refractivity contribution is 0.458. The van der Waals surface area contributed by atoms with Crippen LogP contribution in [-0.4, -0.2) is 27.5 Å². The van der Waals surface area contributed by atoms with Crippen LogP contribution in [0.15, 0.2) is 41.9 Å². The molecule has 0 saturated carbocycles. The number of thiazole rings is 1. The average molecular weight is 450 g/mol. The zero-order chi connectivity index (χ0) is 22.2. The van der Waals surface area contributed by atoms with Crippen LogP contribution < -0.4 is 11.1 Å². The Morgan fingerprint density at radius 2 is 1.97 bits per heavy atom. The molecule has 0 radical (unpaired) electrons. The van der Waals surface area contributed by atoms with Crippen LogP contribution in [0, 0.1) is 12.7 Å². The van der Waals surface area contributed by atoms with Crippen molar-refractivity contribution >= 4 is 17.0 Å². The fourth-order valence-corrected chi connectivity index (χ4v) is 5.55. The van der Waals surface area contributed by atoms with Crippen LogP contribution >= 0.6 is 11.3 Å². The zero-order valence-electron chi connectivity index (χ0n) is 18.4. The molecule has 0 bridgehead atoms. The summed E-state index contributed by atoms with van der Waals surface area (Å²) in [5.74, 6) is 0.307. The van der Waals surface area contributed by atoms with Gasteiger partial charge in [-0.2, -0.15) is 0 Å². The molecular formula is C25H28FN5S. The van der Waals surface area contributed by atoms with Gasteiger partial charge in [0.05, 0.1) is 23.1 Å². The SMILES string of the molecule is CCc1nc2cc(C)c(C3CCNCC3)cn2c1C(N)c1nc(-c2ccc(F)cc2)cs1. The van der Waals surface area contributed by atoms with Gasteiger partial charge >= 0.3 is 0 Å². The molecule has 1 saturated heterocycles. The summed E-state index contributed by atoms with van der Waals surface area (Å²) in [5, 5.41) is 6.28. The number of piperidine rings is 1. The highest BCUT2D eigenvalue weighted by molar-refractivity contribution is 7.10. The predicted octanol–water partition coefficient (Wildman–Crippen LogP) is 4.98. The van der Waals surface area contributed by atoms with Gasteiger partial charge in [-0.25, -0.2) is 14.4 Å². The normalized spacial score (nSPS) is 16.0. The fourth-order valence-electron chi connectivity index (χ4n) is 4.72.